The van der Waals surface area contributed by atoms with Crippen molar-refractivity contribution in [2.75, 3.05) is 0 Å². The van der Waals surface area contributed by atoms with Gasteiger partial charge in [0.05, 0.1) is 11.1 Å². The lowest BCUT2D eigenvalue weighted by atomic mass is 9.99. The minimum absolute atomic E-state index is 0.0689. The summed E-state index contributed by atoms with van der Waals surface area (Å²) in [7, 11) is 0. The number of hydrogen-bond acceptors (Lipinski definition) is 3. The maximum absolute atomic E-state index is 12.9. The molecule has 0 aliphatic heterocycles. The van der Waals surface area contributed by atoms with Gasteiger partial charge in [0.25, 0.3) is 0 Å². The molecule has 0 bridgehead atoms. The second kappa shape index (κ2) is 7.65. The molecule has 0 aliphatic rings. The van der Waals surface area contributed by atoms with Crippen LogP contribution in [-0.2, 0) is 28.3 Å². The van der Waals surface area contributed by atoms with E-state index < -0.39 is 59.2 Å². The monoisotopic (exact) mass is 401 g/mol. The number of carbonyl (C=O) groups excluding carboxylic acids is 1. The molecule has 2 N–H and O–H groups in total. The summed E-state index contributed by atoms with van der Waals surface area (Å²) in [5.41, 5.74) is -4.68. The van der Waals surface area contributed by atoms with Crippen molar-refractivity contribution < 1.29 is 45.8 Å². The SMILES string of the molecule is CC(C)(C)OC(=O)N[C@@H](Cc1cc(C(F)(F)F)cc(C(F)(F)F)c1)C(=O)O. The number of amides is 1. The van der Waals surface area contributed by atoms with Gasteiger partial charge < -0.3 is 15.2 Å². The second-order valence-electron chi connectivity index (χ2n) is 6.66. The van der Waals surface area contributed by atoms with E-state index in [1.54, 1.807) is 0 Å². The molecule has 0 heterocycles. The first-order chi connectivity index (χ1) is 12.0. The Morgan fingerprint density at radius 1 is 1.00 bits per heavy atom. The number of nitrogens with one attached hydrogen (secondary N) is 1. The summed E-state index contributed by atoms with van der Waals surface area (Å²) < 4.78 is 82.0. The zero-order valence-corrected chi connectivity index (χ0v) is 14.5. The number of halogens is 6. The molecular formula is C16H17F6NO4. The standard InChI is InChI=1S/C16H17F6NO4/c1-14(2,3)27-13(26)23-11(12(24)25)6-8-4-9(15(17,18)19)7-10(5-8)16(20,21)22/h4-5,7,11H,6H2,1-3H3,(H,23,26)(H,24,25)/t11-/m0/s1. The van der Waals surface area contributed by atoms with Crippen LogP contribution in [0.25, 0.3) is 0 Å². The first-order valence-corrected chi connectivity index (χ1v) is 7.50. The molecule has 1 rings (SSSR count). The van der Waals surface area contributed by atoms with E-state index in [1.807, 2.05) is 5.32 Å². The highest BCUT2D eigenvalue weighted by atomic mass is 19.4. The number of aliphatic carboxylic acids is 1. The normalized spacial score (nSPS) is 13.8. The number of carboxylic acids is 1. The molecule has 1 amide bonds. The number of hydrogen-bond donors (Lipinski definition) is 2. The van der Waals surface area contributed by atoms with Gasteiger partial charge in [-0.1, -0.05) is 0 Å². The number of alkyl halides is 6. The minimum Gasteiger partial charge on any atom is -0.480 e. The van der Waals surface area contributed by atoms with Crippen LogP contribution in [0.2, 0.25) is 0 Å². The summed E-state index contributed by atoms with van der Waals surface area (Å²) in [4.78, 5) is 22.9. The average Bonchev–Trinajstić information content (AvgIpc) is 2.42. The lowest BCUT2D eigenvalue weighted by Gasteiger charge is -2.22. The third kappa shape index (κ3) is 7.35. The fraction of sp³-hybridized carbons (Fsp3) is 0.500. The highest BCUT2D eigenvalue weighted by Gasteiger charge is 2.37. The zero-order chi connectivity index (χ0) is 21.2. The van der Waals surface area contributed by atoms with Gasteiger partial charge in [-0.15, -0.1) is 0 Å². The summed E-state index contributed by atoms with van der Waals surface area (Å²) in [5.74, 6) is -1.65. The van der Waals surface area contributed by atoms with E-state index >= 15 is 0 Å². The molecule has 1 aromatic carbocycles. The van der Waals surface area contributed by atoms with Crippen molar-refractivity contribution >= 4 is 12.1 Å². The number of ether oxygens (including phenoxy) is 1. The van der Waals surface area contributed by atoms with Crippen molar-refractivity contribution in [2.45, 2.75) is 51.2 Å². The molecule has 0 aliphatic carbocycles. The zero-order valence-electron chi connectivity index (χ0n) is 14.5. The van der Waals surface area contributed by atoms with Crippen molar-refractivity contribution in [3.8, 4) is 0 Å². The van der Waals surface area contributed by atoms with Crippen LogP contribution in [-0.4, -0.2) is 28.8 Å². The Bertz CT molecular complexity index is 674. The van der Waals surface area contributed by atoms with Crippen molar-refractivity contribution in [3.05, 3.63) is 34.9 Å². The molecular weight excluding hydrogens is 384 g/mol. The van der Waals surface area contributed by atoms with Gasteiger partial charge >= 0.3 is 24.4 Å². The van der Waals surface area contributed by atoms with Gasteiger partial charge in [-0.05, 0) is 44.5 Å². The van der Waals surface area contributed by atoms with Crippen molar-refractivity contribution in [3.63, 3.8) is 0 Å². The summed E-state index contributed by atoms with van der Waals surface area (Å²) in [6.45, 7) is 4.47. The van der Waals surface area contributed by atoms with Crippen LogP contribution >= 0.6 is 0 Å². The van der Waals surface area contributed by atoms with Gasteiger partial charge in [-0.2, -0.15) is 26.3 Å². The highest BCUT2D eigenvalue weighted by Crippen LogP contribution is 2.36. The van der Waals surface area contributed by atoms with Gasteiger partial charge in [0.1, 0.15) is 11.6 Å². The molecule has 0 saturated heterocycles. The summed E-state index contributed by atoms with van der Waals surface area (Å²) in [6, 6.07) is -1.05. The molecule has 0 spiro atoms. The van der Waals surface area contributed by atoms with E-state index in [4.69, 9.17) is 9.84 Å². The first kappa shape index (κ1) is 22.6. The minimum atomic E-state index is -5.06. The van der Waals surface area contributed by atoms with Crippen LogP contribution in [0.1, 0.15) is 37.5 Å². The van der Waals surface area contributed by atoms with Crippen LogP contribution in [0.3, 0.4) is 0 Å². The van der Waals surface area contributed by atoms with Crippen molar-refractivity contribution in [1.29, 1.82) is 0 Å². The Hall–Kier alpha value is -2.46. The molecule has 5 nitrogen and oxygen atoms in total. The van der Waals surface area contributed by atoms with E-state index in [2.05, 4.69) is 0 Å². The van der Waals surface area contributed by atoms with Crippen molar-refractivity contribution in [1.82, 2.24) is 5.32 Å². The van der Waals surface area contributed by atoms with Gasteiger partial charge in [-0.3, -0.25) is 0 Å². The third-order valence-corrected chi connectivity index (χ3v) is 3.08. The number of benzene rings is 1. The van der Waals surface area contributed by atoms with Crippen LogP contribution in [0.15, 0.2) is 18.2 Å². The molecule has 0 saturated carbocycles. The Morgan fingerprint density at radius 3 is 1.78 bits per heavy atom. The molecule has 1 aromatic rings. The van der Waals surface area contributed by atoms with Gasteiger partial charge in [0, 0.05) is 6.42 Å². The van der Waals surface area contributed by atoms with Gasteiger partial charge in [-0.25, -0.2) is 9.59 Å². The van der Waals surface area contributed by atoms with Crippen LogP contribution in [0.4, 0.5) is 31.1 Å². The molecule has 152 valence electrons. The number of carboxylic acid groups (broad SMARTS) is 1. The van der Waals surface area contributed by atoms with E-state index in [1.165, 1.54) is 20.8 Å². The molecule has 0 radical (unpaired) electrons. The Labute approximate surface area is 150 Å². The number of carbonyl (C=O) groups is 2. The lowest BCUT2D eigenvalue weighted by molar-refractivity contribution is -0.143. The Kier molecular flexibility index (Phi) is 6.40. The van der Waals surface area contributed by atoms with E-state index in [-0.39, 0.29) is 6.07 Å². The van der Waals surface area contributed by atoms with Gasteiger partial charge in [0.15, 0.2) is 0 Å². The Morgan fingerprint density at radius 2 is 1.44 bits per heavy atom. The molecule has 0 aromatic heterocycles. The maximum Gasteiger partial charge on any atom is 0.416 e. The Balaban J connectivity index is 3.18. The lowest BCUT2D eigenvalue weighted by Crippen LogP contribution is -2.44. The quantitative estimate of drug-likeness (QED) is 0.740. The van der Waals surface area contributed by atoms with Crippen LogP contribution in [0, 0.1) is 0 Å². The first-order valence-electron chi connectivity index (χ1n) is 7.50. The fourth-order valence-electron chi connectivity index (χ4n) is 2.02. The molecule has 0 unspecified atom stereocenters. The number of rotatable bonds is 4. The molecule has 0 fully saturated rings. The van der Waals surface area contributed by atoms with Crippen LogP contribution in [0.5, 0.6) is 0 Å². The topological polar surface area (TPSA) is 75.6 Å². The third-order valence-electron chi connectivity index (χ3n) is 3.08. The highest BCUT2D eigenvalue weighted by molar-refractivity contribution is 5.80. The van der Waals surface area contributed by atoms with E-state index in [9.17, 15) is 35.9 Å². The fourth-order valence-corrected chi connectivity index (χ4v) is 2.02. The predicted molar refractivity (Wildman–Crippen MR) is 80.9 cm³/mol. The van der Waals surface area contributed by atoms with Crippen LogP contribution < -0.4 is 5.32 Å². The van der Waals surface area contributed by atoms with E-state index in [0.717, 1.165) is 0 Å². The summed E-state index contributed by atoms with van der Waals surface area (Å²) in [6.07, 6.45) is -12.1. The summed E-state index contributed by atoms with van der Waals surface area (Å²) >= 11 is 0. The smallest absolute Gasteiger partial charge is 0.416 e. The predicted octanol–water partition coefficient (Wildman–Crippen LogP) is 4.24. The largest absolute Gasteiger partial charge is 0.480 e. The maximum atomic E-state index is 12.9. The number of alkyl carbamates (subject to hydrolysis) is 1. The summed E-state index contributed by atoms with van der Waals surface area (Å²) in [5, 5.41) is 11.0. The second-order valence-corrected chi connectivity index (χ2v) is 6.66. The molecule has 27 heavy (non-hydrogen) atoms. The van der Waals surface area contributed by atoms with E-state index in [0.29, 0.717) is 12.1 Å². The van der Waals surface area contributed by atoms with Crippen molar-refractivity contribution in [2.24, 2.45) is 0 Å². The molecule has 11 heteroatoms. The molecule has 1 atom stereocenters. The van der Waals surface area contributed by atoms with Gasteiger partial charge in [0.2, 0.25) is 0 Å². The average molecular weight is 401 g/mol.